The minimum Gasteiger partial charge on any atom is -0.482 e. The maximum absolute atomic E-state index is 12.4. The van der Waals surface area contributed by atoms with Crippen molar-refractivity contribution in [1.82, 2.24) is 19.7 Å². The molecule has 0 aliphatic carbocycles. The number of carbonyl (C=O) groups excluding carboxylic acids is 1. The molecule has 0 radical (unpaired) electrons. The fraction of sp³-hybridized carbons (Fsp3) is 0.167. The second-order valence-corrected chi connectivity index (χ2v) is 6.64. The quantitative estimate of drug-likeness (QED) is 0.682. The van der Waals surface area contributed by atoms with E-state index in [1.807, 2.05) is 19.9 Å². The summed E-state index contributed by atoms with van der Waals surface area (Å²) in [4.78, 5) is 21.0. The molecule has 1 amide bonds. The van der Waals surface area contributed by atoms with Crippen LogP contribution in [0.5, 0.6) is 5.75 Å². The number of rotatable bonds is 5. The topological polar surface area (TPSA) is 106 Å². The van der Waals surface area contributed by atoms with E-state index in [9.17, 15) is 10.1 Å². The number of amides is 1. The number of nitrogens with zero attached hydrogens (tertiary/aromatic N) is 5. The fourth-order valence-electron chi connectivity index (χ4n) is 2.41. The van der Waals surface area contributed by atoms with Crippen molar-refractivity contribution in [3.8, 4) is 17.8 Å². The van der Waals surface area contributed by atoms with Gasteiger partial charge < -0.3 is 10.1 Å². The SMILES string of the molecule is Cc1cc(C)nc(-n2ncc(C#N)c2NC(=O)COc2ccc(Cl)cc2Cl)n1. The number of carbonyl (C=O) groups is 1. The minimum atomic E-state index is -0.506. The lowest BCUT2D eigenvalue weighted by Crippen LogP contribution is -2.23. The molecule has 1 N–H and O–H groups in total. The molecule has 0 atom stereocenters. The first-order chi connectivity index (χ1) is 13.4. The molecule has 0 fully saturated rings. The van der Waals surface area contributed by atoms with Crippen molar-refractivity contribution in [2.75, 3.05) is 11.9 Å². The predicted molar refractivity (Wildman–Crippen MR) is 104 cm³/mol. The molecule has 0 aliphatic rings. The van der Waals surface area contributed by atoms with Crippen LogP contribution in [-0.2, 0) is 4.79 Å². The number of benzene rings is 1. The minimum absolute atomic E-state index is 0.156. The molecular weight excluding hydrogens is 403 g/mol. The highest BCUT2D eigenvalue weighted by atomic mass is 35.5. The number of nitriles is 1. The molecule has 28 heavy (non-hydrogen) atoms. The predicted octanol–water partition coefficient (Wildman–Crippen LogP) is 3.48. The van der Waals surface area contributed by atoms with Crippen LogP contribution in [0.4, 0.5) is 5.82 Å². The lowest BCUT2D eigenvalue weighted by Gasteiger charge is -2.11. The Kier molecular flexibility index (Phi) is 5.78. The summed E-state index contributed by atoms with van der Waals surface area (Å²) < 4.78 is 6.71. The van der Waals surface area contributed by atoms with E-state index in [-0.39, 0.29) is 29.0 Å². The van der Waals surface area contributed by atoms with Gasteiger partial charge in [-0.15, -0.1) is 0 Å². The summed E-state index contributed by atoms with van der Waals surface area (Å²) in [6, 6.07) is 8.46. The number of nitrogens with one attached hydrogen (secondary N) is 1. The van der Waals surface area contributed by atoms with Crippen LogP contribution in [0.1, 0.15) is 17.0 Å². The first kappa shape index (κ1) is 19.6. The zero-order valence-corrected chi connectivity index (χ0v) is 16.4. The average molecular weight is 417 g/mol. The van der Waals surface area contributed by atoms with Crippen molar-refractivity contribution in [2.45, 2.75) is 13.8 Å². The summed E-state index contributed by atoms with van der Waals surface area (Å²) in [7, 11) is 0. The number of hydrogen-bond acceptors (Lipinski definition) is 6. The lowest BCUT2D eigenvalue weighted by molar-refractivity contribution is -0.118. The van der Waals surface area contributed by atoms with Gasteiger partial charge in [-0.25, -0.2) is 9.97 Å². The number of anilines is 1. The lowest BCUT2D eigenvalue weighted by atomic mass is 10.3. The van der Waals surface area contributed by atoms with Crippen LogP contribution in [0.15, 0.2) is 30.5 Å². The average Bonchev–Trinajstić information content (AvgIpc) is 3.02. The highest BCUT2D eigenvalue weighted by Gasteiger charge is 2.18. The molecule has 0 aliphatic heterocycles. The molecule has 3 aromatic rings. The van der Waals surface area contributed by atoms with E-state index in [0.29, 0.717) is 10.8 Å². The molecule has 0 spiro atoms. The van der Waals surface area contributed by atoms with Gasteiger partial charge in [-0.05, 0) is 38.1 Å². The summed E-state index contributed by atoms with van der Waals surface area (Å²) in [6.45, 7) is 3.30. The van der Waals surface area contributed by atoms with Crippen LogP contribution in [0.25, 0.3) is 5.95 Å². The summed E-state index contributed by atoms with van der Waals surface area (Å²) in [6.07, 6.45) is 1.33. The van der Waals surface area contributed by atoms with E-state index < -0.39 is 5.91 Å². The van der Waals surface area contributed by atoms with E-state index in [2.05, 4.69) is 20.4 Å². The zero-order valence-electron chi connectivity index (χ0n) is 14.9. The molecule has 0 bridgehead atoms. The smallest absolute Gasteiger partial charge is 0.263 e. The summed E-state index contributed by atoms with van der Waals surface area (Å²) in [5.41, 5.74) is 1.63. The van der Waals surface area contributed by atoms with Gasteiger partial charge in [0, 0.05) is 16.4 Å². The Bertz CT molecular complexity index is 1070. The van der Waals surface area contributed by atoms with Gasteiger partial charge in [0.15, 0.2) is 12.4 Å². The third kappa shape index (κ3) is 4.39. The van der Waals surface area contributed by atoms with E-state index in [4.69, 9.17) is 27.9 Å². The number of aryl methyl sites for hydroxylation is 2. The Hall–Kier alpha value is -3.15. The van der Waals surface area contributed by atoms with E-state index >= 15 is 0 Å². The van der Waals surface area contributed by atoms with Crippen LogP contribution in [0, 0.1) is 25.2 Å². The van der Waals surface area contributed by atoms with E-state index in [1.54, 1.807) is 18.2 Å². The maximum atomic E-state index is 12.4. The largest absolute Gasteiger partial charge is 0.482 e. The monoisotopic (exact) mass is 416 g/mol. The molecule has 1 aromatic carbocycles. The fourth-order valence-corrected chi connectivity index (χ4v) is 2.87. The van der Waals surface area contributed by atoms with Gasteiger partial charge in [0.05, 0.1) is 11.2 Å². The molecule has 2 heterocycles. The standard InChI is InChI=1S/C18H14Cl2N6O2/c1-10-5-11(2)24-18(23-10)26-17(12(7-21)8-22-26)25-16(27)9-28-15-4-3-13(19)6-14(15)20/h3-6,8H,9H2,1-2H3,(H,25,27). The summed E-state index contributed by atoms with van der Waals surface area (Å²) in [5, 5.41) is 16.8. The van der Waals surface area contributed by atoms with Gasteiger partial charge in [0.25, 0.3) is 11.9 Å². The van der Waals surface area contributed by atoms with Crippen molar-refractivity contribution < 1.29 is 9.53 Å². The first-order valence-electron chi connectivity index (χ1n) is 8.06. The number of halogens is 2. The summed E-state index contributed by atoms with van der Waals surface area (Å²) in [5.74, 6) is 0.209. The third-order valence-electron chi connectivity index (χ3n) is 3.56. The van der Waals surface area contributed by atoms with Crippen LogP contribution < -0.4 is 10.1 Å². The van der Waals surface area contributed by atoms with Crippen molar-refractivity contribution in [2.24, 2.45) is 0 Å². The highest BCUT2D eigenvalue weighted by Crippen LogP contribution is 2.27. The van der Waals surface area contributed by atoms with Crippen molar-refractivity contribution in [3.63, 3.8) is 0 Å². The molecule has 3 rings (SSSR count). The van der Waals surface area contributed by atoms with Crippen molar-refractivity contribution >= 4 is 34.9 Å². The van der Waals surface area contributed by atoms with Crippen molar-refractivity contribution in [1.29, 1.82) is 5.26 Å². The Morgan fingerprint density at radius 2 is 1.96 bits per heavy atom. The van der Waals surface area contributed by atoms with Crippen molar-refractivity contribution in [3.05, 3.63) is 57.5 Å². The van der Waals surface area contributed by atoms with Crippen LogP contribution in [0.2, 0.25) is 10.0 Å². The number of hydrogen-bond donors (Lipinski definition) is 1. The van der Waals surface area contributed by atoms with E-state index in [1.165, 1.54) is 16.9 Å². The molecule has 142 valence electrons. The van der Waals surface area contributed by atoms with Crippen LogP contribution in [-0.4, -0.2) is 32.3 Å². The molecule has 0 saturated carbocycles. The van der Waals surface area contributed by atoms with Gasteiger partial charge in [-0.2, -0.15) is 15.0 Å². The van der Waals surface area contributed by atoms with Gasteiger partial charge in [0.2, 0.25) is 0 Å². The molecular formula is C18H14Cl2N6O2. The highest BCUT2D eigenvalue weighted by molar-refractivity contribution is 6.35. The third-order valence-corrected chi connectivity index (χ3v) is 4.09. The van der Waals surface area contributed by atoms with Gasteiger partial charge in [-0.1, -0.05) is 23.2 Å². The van der Waals surface area contributed by atoms with E-state index in [0.717, 1.165) is 11.4 Å². The number of aromatic nitrogens is 4. The normalized spacial score (nSPS) is 10.4. The second kappa shape index (κ2) is 8.25. The zero-order chi connectivity index (χ0) is 20.3. The number of ether oxygens (including phenoxy) is 1. The molecule has 0 saturated heterocycles. The molecule has 2 aromatic heterocycles. The van der Waals surface area contributed by atoms with Crippen LogP contribution >= 0.6 is 23.2 Å². The van der Waals surface area contributed by atoms with Crippen LogP contribution in [0.3, 0.4) is 0 Å². The van der Waals surface area contributed by atoms with Gasteiger partial charge in [0.1, 0.15) is 17.4 Å². The Morgan fingerprint density at radius 1 is 1.25 bits per heavy atom. The Morgan fingerprint density at radius 3 is 2.61 bits per heavy atom. The first-order valence-corrected chi connectivity index (χ1v) is 8.81. The Labute approximate surface area is 170 Å². The maximum Gasteiger partial charge on any atom is 0.263 e. The van der Waals surface area contributed by atoms with Gasteiger partial charge in [-0.3, -0.25) is 4.79 Å². The molecule has 0 unspecified atom stereocenters. The molecule has 8 nitrogen and oxygen atoms in total. The Balaban J connectivity index is 1.80. The van der Waals surface area contributed by atoms with Gasteiger partial charge >= 0.3 is 0 Å². The summed E-state index contributed by atoms with van der Waals surface area (Å²) >= 11 is 11.9. The second-order valence-electron chi connectivity index (χ2n) is 5.79. The molecule has 10 heteroatoms.